The Kier molecular flexibility index (Phi) is 1.98. The number of benzene rings is 1. The minimum absolute atomic E-state index is 0.0907. The van der Waals surface area contributed by atoms with Crippen LogP contribution in [0.15, 0.2) is 24.3 Å². The number of hydroxylamine groups is 1. The van der Waals surface area contributed by atoms with Crippen molar-refractivity contribution in [3.05, 3.63) is 29.8 Å². The Balaban J connectivity index is 2.38. The number of nitrogens with one attached hydrogen (secondary N) is 1. The van der Waals surface area contributed by atoms with Gasteiger partial charge >= 0.3 is 0 Å². The molecular weight excluding hydrogens is 166 g/mol. The summed E-state index contributed by atoms with van der Waals surface area (Å²) in [7, 11) is 1.68. The van der Waals surface area contributed by atoms with Gasteiger partial charge in [-0.3, -0.25) is 4.84 Å². The Bertz CT molecular complexity index is 308. The lowest BCUT2D eigenvalue weighted by Crippen LogP contribution is -2.54. The van der Waals surface area contributed by atoms with Gasteiger partial charge in [-0.15, -0.1) is 0 Å². The SMILES string of the molecule is COc1ccccc1C1(C)CON1. The molecule has 0 spiro atoms. The highest BCUT2D eigenvalue weighted by Gasteiger charge is 2.37. The molecule has 1 saturated heterocycles. The van der Waals surface area contributed by atoms with Crippen LogP contribution < -0.4 is 10.2 Å². The van der Waals surface area contributed by atoms with Crippen molar-refractivity contribution < 1.29 is 9.57 Å². The van der Waals surface area contributed by atoms with E-state index in [2.05, 4.69) is 12.4 Å². The molecule has 70 valence electrons. The third-order valence-electron chi connectivity index (χ3n) is 2.36. The van der Waals surface area contributed by atoms with Crippen molar-refractivity contribution in [2.45, 2.75) is 12.5 Å². The molecule has 0 saturated carbocycles. The van der Waals surface area contributed by atoms with E-state index in [0.29, 0.717) is 6.61 Å². The van der Waals surface area contributed by atoms with Crippen LogP contribution in [0.25, 0.3) is 0 Å². The van der Waals surface area contributed by atoms with Crippen molar-refractivity contribution >= 4 is 0 Å². The van der Waals surface area contributed by atoms with Gasteiger partial charge in [-0.1, -0.05) is 18.2 Å². The van der Waals surface area contributed by atoms with Crippen molar-refractivity contribution in [1.82, 2.24) is 5.48 Å². The molecule has 1 aromatic rings. The van der Waals surface area contributed by atoms with Gasteiger partial charge in [0.15, 0.2) is 0 Å². The average molecular weight is 179 g/mol. The highest BCUT2D eigenvalue weighted by Crippen LogP contribution is 2.33. The number of hydrogen-bond acceptors (Lipinski definition) is 3. The Morgan fingerprint density at radius 2 is 2.15 bits per heavy atom. The largest absolute Gasteiger partial charge is 0.496 e. The van der Waals surface area contributed by atoms with Crippen molar-refractivity contribution in [3.8, 4) is 5.75 Å². The van der Waals surface area contributed by atoms with E-state index in [1.807, 2.05) is 24.3 Å². The van der Waals surface area contributed by atoms with Crippen LogP contribution in [0.5, 0.6) is 5.75 Å². The zero-order valence-corrected chi connectivity index (χ0v) is 7.83. The van der Waals surface area contributed by atoms with Gasteiger partial charge in [-0.25, -0.2) is 0 Å². The summed E-state index contributed by atoms with van der Waals surface area (Å²) in [6, 6.07) is 7.98. The van der Waals surface area contributed by atoms with E-state index in [1.165, 1.54) is 0 Å². The van der Waals surface area contributed by atoms with Crippen LogP contribution in [0, 0.1) is 0 Å². The Morgan fingerprint density at radius 3 is 2.69 bits per heavy atom. The fourth-order valence-corrected chi connectivity index (χ4v) is 1.52. The lowest BCUT2D eigenvalue weighted by Gasteiger charge is -2.39. The first-order valence-corrected chi connectivity index (χ1v) is 4.29. The summed E-state index contributed by atoms with van der Waals surface area (Å²) in [5.41, 5.74) is 3.98. The molecule has 3 heteroatoms. The molecule has 0 bridgehead atoms. The smallest absolute Gasteiger partial charge is 0.124 e. The molecule has 1 aromatic carbocycles. The Morgan fingerprint density at radius 1 is 1.46 bits per heavy atom. The minimum Gasteiger partial charge on any atom is -0.496 e. The summed E-state index contributed by atoms with van der Waals surface area (Å²) in [4.78, 5) is 4.99. The molecule has 13 heavy (non-hydrogen) atoms. The van der Waals surface area contributed by atoms with E-state index >= 15 is 0 Å². The molecule has 1 aliphatic heterocycles. The van der Waals surface area contributed by atoms with Crippen LogP contribution in [0.3, 0.4) is 0 Å². The molecule has 1 atom stereocenters. The molecular formula is C10H13NO2. The van der Waals surface area contributed by atoms with Crippen LogP contribution in [-0.2, 0) is 10.4 Å². The van der Waals surface area contributed by atoms with Gasteiger partial charge in [0.2, 0.25) is 0 Å². The first-order chi connectivity index (χ1) is 6.26. The van der Waals surface area contributed by atoms with E-state index in [1.54, 1.807) is 7.11 Å². The molecule has 1 unspecified atom stereocenters. The summed E-state index contributed by atoms with van der Waals surface area (Å²) in [5, 5.41) is 0. The number of hydrogen-bond donors (Lipinski definition) is 1. The van der Waals surface area contributed by atoms with E-state index in [0.717, 1.165) is 11.3 Å². The molecule has 1 heterocycles. The summed E-state index contributed by atoms with van der Waals surface area (Å²) in [6.45, 7) is 2.78. The predicted octanol–water partition coefficient (Wildman–Crippen LogP) is 1.45. The number of para-hydroxylation sites is 1. The fourth-order valence-electron chi connectivity index (χ4n) is 1.52. The number of ether oxygens (including phenoxy) is 1. The maximum atomic E-state index is 5.27. The van der Waals surface area contributed by atoms with Crippen molar-refractivity contribution in [3.63, 3.8) is 0 Å². The van der Waals surface area contributed by atoms with Crippen LogP contribution in [0.1, 0.15) is 12.5 Å². The first-order valence-electron chi connectivity index (χ1n) is 4.29. The standard InChI is InChI=1S/C10H13NO2/c1-10(7-13-11-10)8-5-3-4-6-9(8)12-2/h3-6,11H,7H2,1-2H3. The Labute approximate surface area is 77.6 Å². The maximum Gasteiger partial charge on any atom is 0.124 e. The highest BCUT2D eigenvalue weighted by atomic mass is 16.7. The maximum absolute atomic E-state index is 5.27. The molecule has 1 aliphatic rings. The second kappa shape index (κ2) is 3.01. The zero-order valence-electron chi connectivity index (χ0n) is 7.83. The topological polar surface area (TPSA) is 30.5 Å². The Hall–Kier alpha value is -1.06. The lowest BCUT2D eigenvalue weighted by atomic mass is 9.91. The molecule has 0 radical (unpaired) electrons. The summed E-state index contributed by atoms with van der Waals surface area (Å²) < 4.78 is 5.27. The molecule has 0 aliphatic carbocycles. The second-order valence-electron chi connectivity index (χ2n) is 3.42. The first kappa shape index (κ1) is 8.53. The summed E-state index contributed by atoms with van der Waals surface area (Å²) >= 11 is 0. The lowest BCUT2D eigenvalue weighted by molar-refractivity contribution is -0.156. The van der Waals surface area contributed by atoms with Crippen molar-refractivity contribution in [1.29, 1.82) is 0 Å². The average Bonchev–Trinajstić information content (AvgIpc) is 2.14. The zero-order chi connectivity index (χ0) is 9.31. The van der Waals surface area contributed by atoms with Gasteiger partial charge in [0.25, 0.3) is 0 Å². The van der Waals surface area contributed by atoms with Crippen LogP contribution >= 0.6 is 0 Å². The van der Waals surface area contributed by atoms with Gasteiger partial charge in [-0.05, 0) is 13.0 Å². The molecule has 1 fully saturated rings. The highest BCUT2D eigenvalue weighted by molar-refractivity contribution is 5.39. The van der Waals surface area contributed by atoms with Crippen LogP contribution in [0.2, 0.25) is 0 Å². The third kappa shape index (κ3) is 1.30. The predicted molar refractivity (Wildman–Crippen MR) is 49.4 cm³/mol. The van der Waals surface area contributed by atoms with Gasteiger partial charge in [0.05, 0.1) is 19.3 Å². The van der Waals surface area contributed by atoms with Crippen LogP contribution in [0.4, 0.5) is 0 Å². The van der Waals surface area contributed by atoms with E-state index in [4.69, 9.17) is 9.57 Å². The quantitative estimate of drug-likeness (QED) is 0.745. The van der Waals surface area contributed by atoms with Gasteiger partial charge in [0, 0.05) is 5.56 Å². The molecule has 2 rings (SSSR count). The molecule has 0 aromatic heterocycles. The monoisotopic (exact) mass is 179 g/mol. The van der Waals surface area contributed by atoms with E-state index in [9.17, 15) is 0 Å². The van der Waals surface area contributed by atoms with E-state index < -0.39 is 0 Å². The van der Waals surface area contributed by atoms with Gasteiger partial charge < -0.3 is 4.74 Å². The normalized spacial score (nSPS) is 26.6. The number of rotatable bonds is 2. The van der Waals surface area contributed by atoms with Gasteiger partial charge in [-0.2, -0.15) is 5.48 Å². The molecule has 3 nitrogen and oxygen atoms in total. The molecule has 0 amide bonds. The number of methoxy groups -OCH3 is 1. The van der Waals surface area contributed by atoms with Crippen molar-refractivity contribution in [2.24, 2.45) is 0 Å². The fraction of sp³-hybridized carbons (Fsp3) is 0.400. The van der Waals surface area contributed by atoms with Gasteiger partial charge in [0.1, 0.15) is 5.75 Å². The molecule has 1 N–H and O–H groups in total. The summed E-state index contributed by atoms with van der Waals surface area (Å²) in [5.74, 6) is 0.904. The third-order valence-corrected chi connectivity index (χ3v) is 2.36. The summed E-state index contributed by atoms with van der Waals surface area (Å²) in [6.07, 6.45) is 0. The second-order valence-corrected chi connectivity index (χ2v) is 3.42. The minimum atomic E-state index is -0.0907. The van der Waals surface area contributed by atoms with E-state index in [-0.39, 0.29) is 5.54 Å². The van der Waals surface area contributed by atoms with Crippen LogP contribution in [-0.4, -0.2) is 13.7 Å². The van der Waals surface area contributed by atoms with Crippen molar-refractivity contribution in [2.75, 3.05) is 13.7 Å².